The number of hydrogen-bond donors (Lipinski definition) is 1. The molecule has 1 saturated heterocycles. The van der Waals surface area contributed by atoms with Gasteiger partial charge in [-0.25, -0.2) is 13.1 Å². The van der Waals surface area contributed by atoms with Gasteiger partial charge < -0.3 is 4.90 Å². The molecule has 8 heteroatoms. The monoisotopic (exact) mass is 366 g/mol. The molecule has 1 aliphatic heterocycles. The normalized spacial score (nSPS) is 18.3. The van der Waals surface area contributed by atoms with Crippen molar-refractivity contribution >= 4 is 33.3 Å². The van der Waals surface area contributed by atoms with Crippen molar-refractivity contribution in [2.24, 2.45) is 11.8 Å². The topological polar surface area (TPSA) is 101 Å². The molecule has 1 heterocycles. The van der Waals surface area contributed by atoms with Crippen LogP contribution in [-0.4, -0.2) is 32.6 Å². The third-order valence-corrected chi connectivity index (χ3v) is 5.58. The van der Waals surface area contributed by atoms with Gasteiger partial charge in [-0.1, -0.05) is 13.8 Å². The standard InChI is InChI=1S/C17H22N2O5S/c1-11(2)17(22)13-8-9-19(16(21)10-13)14-4-6-15(7-5-14)25(23,24)18-12(3)20/h4-7,11,13H,8-10H2,1-3H3,(H,18,20). The summed E-state index contributed by atoms with van der Waals surface area (Å²) in [6.45, 7) is 5.19. The first-order valence-electron chi connectivity index (χ1n) is 8.09. The van der Waals surface area contributed by atoms with Gasteiger partial charge in [0.2, 0.25) is 11.8 Å². The van der Waals surface area contributed by atoms with Gasteiger partial charge in [0.05, 0.1) is 4.90 Å². The summed E-state index contributed by atoms with van der Waals surface area (Å²) in [4.78, 5) is 36.9. The number of ketones is 1. The van der Waals surface area contributed by atoms with E-state index in [-0.39, 0.29) is 34.8 Å². The van der Waals surface area contributed by atoms with Crippen LogP contribution in [0.2, 0.25) is 0 Å². The van der Waals surface area contributed by atoms with E-state index in [0.29, 0.717) is 18.7 Å². The van der Waals surface area contributed by atoms with Crippen LogP contribution in [0.25, 0.3) is 0 Å². The average Bonchev–Trinajstić information content (AvgIpc) is 2.53. The number of piperidine rings is 1. The lowest BCUT2D eigenvalue weighted by Crippen LogP contribution is -2.41. The maximum absolute atomic E-state index is 12.4. The SMILES string of the molecule is CC(=O)NS(=O)(=O)c1ccc(N2CCC(C(=O)C(C)C)CC2=O)cc1. The first-order valence-corrected chi connectivity index (χ1v) is 9.57. The Bertz CT molecular complexity index is 784. The molecule has 0 bridgehead atoms. The largest absolute Gasteiger partial charge is 0.312 e. The van der Waals surface area contributed by atoms with Crippen LogP contribution in [0.5, 0.6) is 0 Å². The molecule has 25 heavy (non-hydrogen) atoms. The van der Waals surface area contributed by atoms with Gasteiger partial charge in [-0.3, -0.25) is 14.4 Å². The number of rotatable bonds is 5. The van der Waals surface area contributed by atoms with Crippen LogP contribution in [0.4, 0.5) is 5.69 Å². The van der Waals surface area contributed by atoms with Crippen molar-refractivity contribution in [1.82, 2.24) is 4.72 Å². The molecule has 1 fully saturated rings. The van der Waals surface area contributed by atoms with E-state index in [9.17, 15) is 22.8 Å². The van der Waals surface area contributed by atoms with Crippen LogP contribution >= 0.6 is 0 Å². The van der Waals surface area contributed by atoms with Crippen molar-refractivity contribution in [3.05, 3.63) is 24.3 Å². The predicted octanol–water partition coefficient (Wildman–Crippen LogP) is 1.48. The van der Waals surface area contributed by atoms with E-state index in [1.807, 2.05) is 18.6 Å². The van der Waals surface area contributed by atoms with Crippen LogP contribution in [0, 0.1) is 11.8 Å². The highest BCUT2D eigenvalue weighted by Crippen LogP contribution is 2.27. The van der Waals surface area contributed by atoms with Crippen LogP contribution in [0.15, 0.2) is 29.2 Å². The number of nitrogens with one attached hydrogen (secondary N) is 1. The van der Waals surface area contributed by atoms with Gasteiger partial charge in [0.15, 0.2) is 0 Å². The van der Waals surface area contributed by atoms with Crippen molar-refractivity contribution < 1.29 is 22.8 Å². The molecule has 1 aliphatic rings. The zero-order chi connectivity index (χ0) is 18.8. The first kappa shape index (κ1) is 19.1. The Balaban J connectivity index is 2.12. The fourth-order valence-corrected chi connectivity index (χ4v) is 3.86. The molecule has 1 unspecified atom stereocenters. The molecule has 2 rings (SSSR count). The van der Waals surface area contributed by atoms with E-state index in [0.717, 1.165) is 6.92 Å². The second-order valence-corrected chi connectivity index (χ2v) is 8.13. The van der Waals surface area contributed by atoms with Crippen molar-refractivity contribution in [3.63, 3.8) is 0 Å². The van der Waals surface area contributed by atoms with Crippen molar-refractivity contribution in [1.29, 1.82) is 0 Å². The van der Waals surface area contributed by atoms with Crippen LogP contribution < -0.4 is 9.62 Å². The van der Waals surface area contributed by atoms with Crippen molar-refractivity contribution in [2.45, 2.75) is 38.5 Å². The number of Topliss-reactive ketones (excluding diaryl/α,β-unsaturated/α-hetero) is 1. The van der Waals surface area contributed by atoms with Gasteiger partial charge in [-0.15, -0.1) is 0 Å². The Kier molecular flexibility index (Phi) is 5.62. The Morgan fingerprint density at radius 3 is 2.28 bits per heavy atom. The Hall–Kier alpha value is -2.22. The number of anilines is 1. The minimum absolute atomic E-state index is 0.0521. The lowest BCUT2D eigenvalue weighted by Gasteiger charge is -2.31. The molecule has 1 aromatic carbocycles. The maximum atomic E-state index is 12.4. The molecule has 1 aromatic rings. The summed E-state index contributed by atoms with van der Waals surface area (Å²) in [7, 11) is -3.90. The van der Waals surface area contributed by atoms with Crippen LogP contribution in [0.3, 0.4) is 0 Å². The molecule has 1 atom stereocenters. The Morgan fingerprint density at radius 2 is 1.80 bits per heavy atom. The Morgan fingerprint density at radius 1 is 1.20 bits per heavy atom. The first-order chi connectivity index (χ1) is 11.6. The number of hydrogen-bond acceptors (Lipinski definition) is 5. The number of benzene rings is 1. The molecule has 1 N–H and O–H groups in total. The number of carbonyl (C=O) groups is 3. The molecule has 0 radical (unpaired) electrons. The highest BCUT2D eigenvalue weighted by atomic mass is 32.2. The molecule has 0 saturated carbocycles. The van der Waals surface area contributed by atoms with Crippen molar-refractivity contribution in [2.75, 3.05) is 11.4 Å². The molecular weight excluding hydrogens is 344 g/mol. The van der Waals surface area contributed by atoms with Crippen LogP contribution in [0.1, 0.15) is 33.6 Å². The minimum atomic E-state index is -3.90. The third-order valence-electron chi connectivity index (χ3n) is 4.13. The zero-order valence-corrected chi connectivity index (χ0v) is 15.3. The summed E-state index contributed by atoms with van der Waals surface area (Å²) >= 11 is 0. The average molecular weight is 366 g/mol. The van der Waals surface area contributed by atoms with E-state index in [2.05, 4.69) is 0 Å². The molecule has 0 aliphatic carbocycles. The summed E-state index contributed by atoms with van der Waals surface area (Å²) in [5, 5.41) is 0. The number of sulfonamides is 1. The van der Waals surface area contributed by atoms with E-state index < -0.39 is 15.9 Å². The molecule has 2 amide bonds. The fourth-order valence-electron chi connectivity index (χ4n) is 2.87. The quantitative estimate of drug-likeness (QED) is 0.851. The van der Waals surface area contributed by atoms with Crippen LogP contribution in [-0.2, 0) is 24.4 Å². The van der Waals surface area contributed by atoms with Gasteiger partial charge in [0.1, 0.15) is 5.78 Å². The molecule has 136 valence electrons. The summed E-state index contributed by atoms with van der Waals surface area (Å²) < 4.78 is 25.7. The molecular formula is C17H22N2O5S. The molecule has 7 nitrogen and oxygen atoms in total. The summed E-state index contributed by atoms with van der Waals surface area (Å²) in [6, 6.07) is 5.74. The second kappa shape index (κ2) is 7.35. The van der Waals surface area contributed by atoms with Gasteiger partial charge in [-0.2, -0.15) is 0 Å². The number of amides is 2. The van der Waals surface area contributed by atoms with E-state index >= 15 is 0 Å². The molecule has 0 aromatic heterocycles. The second-order valence-electron chi connectivity index (χ2n) is 6.45. The van der Waals surface area contributed by atoms with Gasteiger partial charge in [-0.05, 0) is 30.7 Å². The smallest absolute Gasteiger partial charge is 0.264 e. The Labute approximate surface area is 147 Å². The molecule has 0 spiro atoms. The summed E-state index contributed by atoms with van der Waals surface area (Å²) in [6.07, 6.45) is 0.762. The van der Waals surface area contributed by atoms with Gasteiger partial charge >= 0.3 is 0 Å². The van der Waals surface area contributed by atoms with Crippen molar-refractivity contribution in [3.8, 4) is 0 Å². The highest BCUT2D eigenvalue weighted by molar-refractivity contribution is 7.90. The number of carbonyl (C=O) groups excluding carboxylic acids is 3. The number of nitrogens with zero attached hydrogens (tertiary/aromatic N) is 1. The van der Waals surface area contributed by atoms with E-state index in [4.69, 9.17) is 0 Å². The van der Waals surface area contributed by atoms with E-state index in [1.165, 1.54) is 24.3 Å². The maximum Gasteiger partial charge on any atom is 0.264 e. The minimum Gasteiger partial charge on any atom is -0.312 e. The van der Waals surface area contributed by atoms with Gasteiger partial charge in [0, 0.05) is 37.4 Å². The lowest BCUT2D eigenvalue weighted by molar-refractivity contribution is -0.131. The summed E-state index contributed by atoms with van der Waals surface area (Å²) in [5.41, 5.74) is 0.572. The third kappa shape index (κ3) is 4.45. The van der Waals surface area contributed by atoms with Gasteiger partial charge in [0.25, 0.3) is 10.0 Å². The highest BCUT2D eigenvalue weighted by Gasteiger charge is 2.32. The summed E-state index contributed by atoms with van der Waals surface area (Å²) in [5.74, 6) is -1.06. The predicted molar refractivity (Wildman–Crippen MR) is 92.4 cm³/mol. The van der Waals surface area contributed by atoms with E-state index in [1.54, 1.807) is 4.90 Å². The zero-order valence-electron chi connectivity index (χ0n) is 14.5. The lowest BCUT2D eigenvalue weighted by atomic mass is 9.86. The fraction of sp³-hybridized carbons (Fsp3) is 0.471.